The van der Waals surface area contributed by atoms with E-state index in [4.69, 9.17) is 45.9 Å². The monoisotopic (exact) mass is 1230 g/mol. The number of guanidine groups is 2. The molecule has 0 bridgehead atoms. The highest BCUT2D eigenvalue weighted by Crippen LogP contribution is 2.22. The number of phenolic OH excluding ortho intramolecular Hbond substituents is 1. The molecule has 0 radical (unpaired) electrons. The van der Waals surface area contributed by atoms with Crippen LogP contribution in [0.5, 0.6) is 5.75 Å². The number of ketones is 1. The molecule has 8 atom stereocenters. The topological polar surface area (TPSA) is 516 Å². The molecule has 1 saturated heterocycles. The molecule has 23 N–H and O–H groups in total. The summed E-state index contributed by atoms with van der Waals surface area (Å²) in [6.07, 6.45) is -1.60. The highest BCUT2D eigenvalue weighted by atomic mass is 16.3. The van der Waals surface area contributed by atoms with Crippen molar-refractivity contribution >= 4 is 76.8 Å². The summed E-state index contributed by atoms with van der Waals surface area (Å²) < 4.78 is 0. The fourth-order valence-corrected chi connectivity index (χ4v) is 9.68. The maximum atomic E-state index is 14.7. The van der Waals surface area contributed by atoms with Crippen LogP contribution in [0.1, 0.15) is 90.4 Å². The molecular formula is C60H79N17O12. The summed E-state index contributed by atoms with van der Waals surface area (Å²) in [5.74, 6) is -9.89. The number of nitrogens with zero attached hydrogens (tertiary/aromatic N) is 3. The van der Waals surface area contributed by atoms with Gasteiger partial charge in [-0.1, -0.05) is 97.1 Å². The van der Waals surface area contributed by atoms with Gasteiger partial charge in [-0.15, -0.1) is 0 Å². The Hall–Kier alpha value is -10.5. The molecule has 1 fully saturated rings. The Morgan fingerprint density at radius 1 is 0.494 bits per heavy atom. The van der Waals surface area contributed by atoms with E-state index in [1.165, 1.54) is 29.2 Å². The molecule has 0 unspecified atom stereocenters. The number of hydrogen-bond acceptors (Lipinski definition) is 15. The smallest absolute Gasteiger partial charge is 0.245 e. The van der Waals surface area contributed by atoms with Crippen molar-refractivity contribution in [2.75, 3.05) is 19.6 Å². The molecule has 476 valence electrons. The fourth-order valence-electron chi connectivity index (χ4n) is 9.68. The van der Waals surface area contributed by atoms with Gasteiger partial charge in [0.2, 0.25) is 59.1 Å². The van der Waals surface area contributed by atoms with Crippen LogP contribution in [0, 0.1) is 0 Å². The van der Waals surface area contributed by atoms with E-state index in [9.17, 15) is 57.8 Å². The lowest BCUT2D eigenvalue weighted by molar-refractivity contribution is -0.143. The van der Waals surface area contributed by atoms with Gasteiger partial charge in [-0.3, -0.25) is 62.7 Å². The van der Waals surface area contributed by atoms with Crippen LogP contribution >= 0.6 is 0 Å². The normalized spacial score (nSPS) is 14.9. The summed E-state index contributed by atoms with van der Waals surface area (Å²) >= 11 is 0. The molecule has 1 aliphatic heterocycles. The summed E-state index contributed by atoms with van der Waals surface area (Å²) in [7, 11) is 0. The summed E-state index contributed by atoms with van der Waals surface area (Å²) in [5, 5.41) is 25.2. The van der Waals surface area contributed by atoms with Crippen molar-refractivity contribution in [1.82, 2.24) is 36.8 Å². The van der Waals surface area contributed by atoms with Crippen molar-refractivity contribution in [3.8, 4) is 5.75 Å². The van der Waals surface area contributed by atoms with Gasteiger partial charge in [-0.05, 0) is 80.2 Å². The minimum atomic E-state index is -1.83. The Bertz CT molecular complexity index is 3180. The van der Waals surface area contributed by atoms with E-state index in [2.05, 4.69) is 41.9 Å². The molecule has 10 amide bonds. The van der Waals surface area contributed by atoms with Gasteiger partial charge >= 0.3 is 0 Å². The summed E-state index contributed by atoms with van der Waals surface area (Å²) in [4.78, 5) is 159. The Labute approximate surface area is 513 Å². The van der Waals surface area contributed by atoms with E-state index < -0.39 is 127 Å². The summed E-state index contributed by atoms with van der Waals surface area (Å²) in [6.45, 7) is 0.00527. The Balaban J connectivity index is 1.34. The number of amides is 10. The van der Waals surface area contributed by atoms with Crippen LogP contribution in [0.15, 0.2) is 119 Å². The zero-order valence-electron chi connectivity index (χ0n) is 49.0. The standard InChI is InChI=1S/C60H79N17O12/c61-40(30-35-17-21-38(22-18-35)50(81)37-12-5-2-6-13-37)52(83)75-45(32-34-10-3-1-4-11-34)55(86)71-42(25-26-48(62)79)54(85)76-46(33-49(63)80)56(87)73-43(15-8-28-70-60(67)68)58(89)77-29-9-16-47(77)57(88)72-41(14-7-27-69-59(65)66)53(84)74-44(51(64)82)31-36-19-23-39(78)24-20-36/h1-6,10-13,17-24,40-47,78H,7-9,14-16,25-33,61H2,(H2,62,79)(H2,63,80)(H2,64,82)(H,71,86)(H,72,88)(H,73,87)(H,74,84)(H,75,83)(H,76,85)(H4,65,66,69)(H4,67,68,70)/t40-,41-,42-,43-,44-,45-,46-,47-/m0/s1. The Kier molecular flexibility index (Phi) is 27.0. The molecule has 4 aromatic carbocycles. The minimum Gasteiger partial charge on any atom is -0.508 e. The third kappa shape index (κ3) is 23.1. The van der Waals surface area contributed by atoms with Gasteiger partial charge in [0.05, 0.1) is 12.5 Å². The molecule has 1 aliphatic rings. The summed E-state index contributed by atoms with van der Waals surface area (Å²) in [6, 6.07) is 18.1. The first-order valence-corrected chi connectivity index (χ1v) is 28.7. The van der Waals surface area contributed by atoms with Crippen molar-refractivity contribution in [3.63, 3.8) is 0 Å². The van der Waals surface area contributed by atoms with Crippen molar-refractivity contribution in [2.24, 2.45) is 55.9 Å². The maximum Gasteiger partial charge on any atom is 0.245 e. The zero-order valence-corrected chi connectivity index (χ0v) is 49.0. The van der Waals surface area contributed by atoms with Crippen molar-refractivity contribution in [3.05, 3.63) is 137 Å². The second-order valence-electron chi connectivity index (χ2n) is 21.3. The van der Waals surface area contributed by atoms with Crippen LogP contribution < -0.4 is 77.8 Å². The number of rotatable bonds is 35. The van der Waals surface area contributed by atoms with E-state index in [1.807, 2.05) is 0 Å². The summed E-state index contributed by atoms with van der Waals surface area (Å²) in [5.41, 5.74) is 47.9. The number of aliphatic imine (C=N–C) groups is 2. The molecule has 5 rings (SSSR count). The van der Waals surface area contributed by atoms with Gasteiger partial charge in [0.25, 0.3) is 0 Å². The van der Waals surface area contributed by atoms with E-state index in [0.717, 1.165) is 0 Å². The van der Waals surface area contributed by atoms with Gasteiger partial charge in [0.1, 0.15) is 48.0 Å². The van der Waals surface area contributed by atoms with E-state index in [1.54, 1.807) is 84.9 Å². The number of nitrogens with two attached hydrogens (primary N) is 8. The molecule has 0 spiro atoms. The van der Waals surface area contributed by atoms with Crippen molar-refractivity contribution in [1.29, 1.82) is 0 Å². The largest absolute Gasteiger partial charge is 0.508 e. The second kappa shape index (κ2) is 34.6. The van der Waals surface area contributed by atoms with Gasteiger partial charge in [-0.25, -0.2) is 0 Å². The number of phenols is 1. The number of likely N-dealkylation sites (tertiary alicyclic amines) is 1. The average molecular weight is 1230 g/mol. The second-order valence-corrected chi connectivity index (χ2v) is 21.3. The lowest BCUT2D eigenvalue weighted by Gasteiger charge is -2.31. The van der Waals surface area contributed by atoms with Crippen LogP contribution in [0.2, 0.25) is 0 Å². The number of hydrogen-bond donors (Lipinski definition) is 15. The van der Waals surface area contributed by atoms with Crippen LogP contribution in [0.25, 0.3) is 0 Å². The van der Waals surface area contributed by atoms with Gasteiger partial charge in [0.15, 0.2) is 17.7 Å². The number of primary amides is 3. The lowest BCUT2D eigenvalue weighted by atomic mass is 9.99. The third-order valence-corrected chi connectivity index (χ3v) is 14.3. The van der Waals surface area contributed by atoms with Crippen LogP contribution in [-0.2, 0) is 67.2 Å². The molecule has 0 aliphatic carbocycles. The van der Waals surface area contributed by atoms with E-state index >= 15 is 0 Å². The molecule has 29 nitrogen and oxygen atoms in total. The molecule has 4 aromatic rings. The molecule has 89 heavy (non-hydrogen) atoms. The van der Waals surface area contributed by atoms with Gasteiger partial charge in [0, 0.05) is 50.0 Å². The first-order chi connectivity index (χ1) is 42.4. The Morgan fingerprint density at radius 2 is 0.955 bits per heavy atom. The first-order valence-electron chi connectivity index (χ1n) is 28.7. The fraction of sp³-hybridized carbons (Fsp3) is 0.383. The minimum absolute atomic E-state index is 0.00847. The quantitative estimate of drug-likeness (QED) is 0.00925. The van der Waals surface area contributed by atoms with Crippen LogP contribution in [0.3, 0.4) is 0 Å². The predicted molar refractivity (Wildman–Crippen MR) is 328 cm³/mol. The predicted octanol–water partition coefficient (Wildman–Crippen LogP) is -3.39. The van der Waals surface area contributed by atoms with Crippen molar-refractivity contribution < 1.29 is 57.8 Å². The van der Waals surface area contributed by atoms with E-state index in [0.29, 0.717) is 27.8 Å². The molecule has 29 heteroatoms. The first kappa shape index (κ1) is 69.3. The third-order valence-electron chi connectivity index (χ3n) is 14.3. The zero-order chi connectivity index (χ0) is 65.2. The van der Waals surface area contributed by atoms with Crippen LogP contribution in [0.4, 0.5) is 0 Å². The maximum absolute atomic E-state index is 14.7. The highest BCUT2D eigenvalue weighted by molar-refractivity contribution is 6.09. The molecular weight excluding hydrogens is 1150 g/mol. The number of carbonyl (C=O) groups is 11. The number of aromatic hydroxyl groups is 1. The molecule has 0 aromatic heterocycles. The number of benzene rings is 4. The lowest BCUT2D eigenvalue weighted by Crippen LogP contribution is -2.60. The van der Waals surface area contributed by atoms with Gasteiger partial charge < -0.3 is 87.8 Å². The number of nitrogens with one attached hydrogen (secondary N) is 6. The molecule has 1 heterocycles. The molecule has 0 saturated carbocycles. The SMILES string of the molecule is NC(=O)CC[C@H](NC(=O)[C@H](Cc1ccccc1)NC(=O)[C@@H](N)Cc1ccc(C(=O)c2ccccc2)cc1)C(=O)N[C@@H](CC(N)=O)C(=O)N[C@@H](CCCN=C(N)N)C(=O)N1CCC[C@H]1C(=O)N[C@@H](CCCN=C(N)N)C(=O)N[C@@H](Cc1ccc(O)cc1)C(N)=O. The average Bonchev–Trinajstić information content (AvgIpc) is 2.80. The van der Waals surface area contributed by atoms with Gasteiger partial charge in [-0.2, -0.15) is 0 Å². The Morgan fingerprint density at radius 3 is 1.53 bits per heavy atom. The number of carbonyl (C=O) groups excluding carboxylic acids is 11. The van der Waals surface area contributed by atoms with Crippen LogP contribution in [-0.4, -0.2) is 155 Å². The highest BCUT2D eigenvalue weighted by Gasteiger charge is 2.40. The van der Waals surface area contributed by atoms with Crippen molar-refractivity contribution in [2.45, 2.75) is 125 Å². The van der Waals surface area contributed by atoms with E-state index in [-0.39, 0.29) is 101 Å².